The number of nitrogens with zero attached hydrogens (tertiary/aromatic N) is 3. The molecule has 1 aliphatic carbocycles. The highest BCUT2D eigenvalue weighted by Gasteiger charge is 2.35. The number of rotatable bonds is 4. The molecule has 3 rings (SSSR count). The van der Waals surface area contributed by atoms with Gasteiger partial charge >= 0.3 is 0 Å². The number of aromatic nitrogens is 2. The minimum atomic E-state index is -0.248. The standard InChI is InChI=1S/C18H21N3/c1-2-13-21-17(9-12-20-21)15-5-7-16(8-6-15)18(14-19)10-3-4-11-18/h5-9,12H,2-4,10-11,13H2,1H3. The smallest absolute Gasteiger partial charge is 0.0822 e. The molecule has 1 fully saturated rings. The third-order valence-electron chi connectivity index (χ3n) is 4.56. The van der Waals surface area contributed by atoms with E-state index in [1.54, 1.807) is 0 Å². The van der Waals surface area contributed by atoms with Crippen molar-refractivity contribution in [2.75, 3.05) is 0 Å². The van der Waals surface area contributed by atoms with Gasteiger partial charge in [-0.25, -0.2) is 0 Å². The lowest BCUT2D eigenvalue weighted by Gasteiger charge is -2.21. The van der Waals surface area contributed by atoms with E-state index in [4.69, 9.17) is 0 Å². The van der Waals surface area contributed by atoms with Crippen molar-refractivity contribution < 1.29 is 0 Å². The Morgan fingerprint density at radius 3 is 2.52 bits per heavy atom. The van der Waals surface area contributed by atoms with Crippen molar-refractivity contribution in [3.63, 3.8) is 0 Å². The molecule has 0 spiro atoms. The number of hydrogen-bond acceptors (Lipinski definition) is 2. The van der Waals surface area contributed by atoms with Gasteiger partial charge in [0, 0.05) is 12.7 Å². The minimum Gasteiger partial charge on any atom is -0.265 e. The topological polar surface area (TPSA) is 41.6 Å². The second-order valence-corrected chi connectivity index (χ2v) is 5.92. The molecule has 1 aromatic carbocycles. The summed E-state index contributed by atoms with van der Waals surface area (Å²) >= 11 is 0. The van der Waals surface area contributed by atoms with Gasteiger partial charge in [0.05, 0.1) is 17.2 Å². The van der Waals surface area contributed by atoms with Crippen molar-refractivity contribution in [2.45, 2.75) is 51.0 Å². The van der Waals surface area contributed by atoms with Crippen LogP contribution in [0.1, 0.15) is 44.6 Å². The molecule has 0 N–H and O–H groups in total. The average molecular weight is 279 g/mol. The molecule has 0 radical (unpaired) electrons. The average Bonchev–Trinajstić information content (AvgIpc) is 3.17. The maximum atomic E-state index is 9.57. The summed E-state index contributed by atoms with van der Waals surface area (Å²) < 4.78 is 2.05. The molecule has 0 bridgehead atoms. The van der Waals surface area contributed by atoms with E-state index in [-0.39, 0.29) is 5.41 Å². The lowest BCUT2D eigenvalue weighted by atomic mass is 9.80. The van der Waals surface area contributed by atoms with Crippen LogP contribution in [0, 0.1) is 11.3 Å². The molecule has 0 amide bonds. The van der Waals surface area contributed by atoms with E-state index < -0.39 is 0 Å². The summed E-state index contributed by atoms with van der Waals surface area (Å²) in [6.45, 7) is 3.09. The molecule has 3 heteroatoms. The van der Waals surface area contributed by atoms with Crippen LogP contribution in [0.25, 0.3) is 11.3 Å². The zero-order chi connectivity index (χ0) is 14.7. The van der Waals surface area contributed by atoms with Crippen molar-refractivity contribution in [3.8, 4) is 17.3 Å². The molecule has 0 atom stereocenters. The van der Waals surface area contributed by atoms with Gasteiger partial charge in [0.2, 0.25) is 0 Å². The Hall–Kier alpha value is -2.08. The summed E-state index contributed by atoms with van der Waals surface area (Å²) in [4.78, 5) is 0. The molecule has 3 nitrogen and oxygen atoms in total. The van der Waals surface area contributed by atoms with Crippen LogP contribution in [0.4, 0.5) is 0 Å². The monoisotopic (exact) mass is 279 g/mol. The zero-order valence-corrected chi connectivity index (χ0v) is 12.5. The largest absolute Gasteiger partial charge is 0.265 e. The number of nitriles is 1. The van der Waals surface area contributed by atoms with Crippen LogP contribution >= 0.6 is 0 Å². The number of aryl methyl sites for hydroxylation is 1. The summed E-state index contributed by atoms with van der Waals surface area (Å²) in [6, 6.07) is 13.2. The first-order valence-corrected chi connectivity index (χ1v) is 7.83. The Balaban J connectivity index is 1.91. The van der Waals surface area contributed by atoms with E-state index in [0.717, 1.165) is 31.5 Å². The van der Waals surface area contributed by atoms with E-state index in [1.807, 2.05) is 10.9 Å². The van der Waals surface area contributed by atoms with Gasteiger partial charge in [-0.2, -0.15) is 10.4 Å². The van der Waals surface area contributed by atoms with Crippen LogP contribution in [0.5, 0.6) is 0 Å². The molecule has 1 aromatic heterocycles. The fraction of sp³-hybridized carbons (Fsp3) is 0.444. The SMILES string of the molecule is CCCn1nccc1-c1ccc(C2(C#N)CCCC2)cc1. The number of benzene rings is 1. The van der Waals surface area contributed by atoms with E-state index >= 15 is 0 Å². The summed E-state index contributed by atoms with van der Waals surface area (Å²) in [6.07, 6.45) is 7.25. The first-order valence-electron chi connectivity index (χ1n) is 7.83. The molecule has 0 saturated heterocycles. The predicted octanol–water partition coefficient (Wildman–Crippen LogP) is 4.30. The second kappa shape index (κ2) is 5.73. The highest BCUT2D eigenvalue weighted by Crippen LogP contribution is 2.40. The first-order chi connectivity index (χ1) is 10.3. The summed E-state index contributed by atoms with van der Waals surface area (Å²) in [5.41, 5.74) is 3.26. The molecular weight excluding hydrogens is 258 g/mol. The molecule has 21 heavy (non-hydrogen) atoms. The van der Waals surface area contributed by atoms with E-state index in [0.29, 0.717) is 0 Å². The second-order valence-electron chi connectivity index (χ2n) is 5.92. The zero-order valence-electron chi connectivity index (χ0n) is 12.5. The summed E-state index contributed by atoms with van der Waals surface area (Å²) in [5, 5.41) is 13.9. The van der Waals surface area contributed by atoms with Gasteiger partial charge in [-0.1, -0.05) is 44.0 Å². The van der Waals surface area contributed by atoms with Crippen LogP contribution in [0.3, 0.4) is 0 Å². The Bertz CT molecular complexity index is 640. The Kier molecular flexibility index (Phi) is 3.79. The van der Waals surface area contributed by atoms with Crippen molar-refractivity contribution >= 4 is 0 Å². The Morgan fingerprint density at radius 1 is 1.19 bits per heavy atom. The van der Waals surface area contributed by atoms with Gasteiger partial charge in [0.15, 0.2) is 0 Å². The first kappa shape index (κ1) is 13.9. The van der Waals surface area contributed by atoms with E-state index in [1.165, 1.54) is 24.0 Å². The Morgan fingerprint density at radius 2 is 1.90 bits per heavy atom. The lowest BCUT2D eigenvalue weighted by molar-refractivity contribution is 0.573. The number of hydrogen-bond donors (Lipinski definition) is 0. The van der Waals surface area contributed by atoms with Crippen LogP contribution < -0.4 is 0 Å². The Labute approximate surface area is 126 Å². The van der Waals surface area contributed by atoms with Gasteiger partial charge in [-0.05, 0) is 36.5 Å². The highest BCUT2D eigenvalue weighted by molar-refractivity contribution is 5.60. The van der Waals surface area contributed by atoms with Crippen molar-refractivity contribution in [1.82, 2.24) is 9.78 Å². The molecule has 0 aliphatic heterocycles. The van der Waals surface area contributed by atoms with Crippen LogP contribution in [-0.2, 0) is 12.0 Å². The van der Waals surface area contributed by atoms with E-state index in [2.05, 4.69) is 48.4 Å². The molecular formula is C18H21N3. The molecule has 1 saturated carbocycles. The van der Waals surface area contributed by atoms with Gasteiger partial charge < -0.3 is 0 Å². The van der Waals surface area contributed by atoms with Gasteiger partial charge in [-0.15, -0.1) is 0 Å². The molecule has 0 unspecified atom stereocenters. The van der Waals surface area contributed by atoms with Crippen LogP contribution in [0.2, 0.25) is 0 Å². The lowest BCUT2D eigenvalue weighted by Crippen LogP contribution is -2.19. The highest BCUT2D eigenvalue weighted by atomic mass is 15.3. The normalized spacial score (nSPS) is 16.8. The van der Waals surface area contributed by atoms with Crippen LogP contribution in [-0.4, -0.2) is 9.78 Å². The third kappa shape index (κ3) is 2.47. The maximum absolute atomic E-state index is 9.57. The fourth-order valence-electron chi connectivity index (χ4n) is 3.37. The molecule has 1 heterocycles. The molecule has 2 aromatic rings. The quantitative estimate of drug-likeness (QED) is 0.837. The van der Waals surface area contributed by atoms with E-state index in [9.17, 15) is 5.26 Å². The van der Waals surface area contributed by atoms with Crippen molar-refractivity contribution in [1.29, 1.82) is 5.26 Å². The van der Waals surface area contributed by atoms with Gasteiger partial charge in [-0.3, -0.25) is 4.68 Å². The molecule has 108 valence electrons. The van der Waals surface area contributed by atoms with Crippen LogP contribution in [0.15, 0.2) is 36.5 Å². The predicted molar refractivity (Wildman–Crippen MR) is 83.7 cm³/mol. The summed E-state index contributed by atoms with van der Waals surface area (Å²) in [7, 11) is 0. The maximum Gasteiger partial charge on any atom is 0.0822 e. The van der Waals surface area contributed by atoms with Gasteiger partial charge in [0.25, 0.3) is 0 Å². The third-order valence-corrected chi connectivity index (χ3v) is 4.56. The molecule has 1 aliphatic rings. The summed E-state index contributed by atoms with van der Waals surface area (Å²) in [5.74, 6) is 0. The van der Waals surface area contributed by atoms with Crippen molar-refractivity contribution in [3.05, 3.63) is 42.1 Å². The minimum absolute atomic E-state index is 0.248. The van der Waals surface area contributed by atoms with Crippen molar-refractivity contribution in [2.24, 2.45) is 0 Å². The van der Waals surface area contributed by atoms with Gasteiger partial charge in [0.1, 0.15) is 0 Å². The fourth-order valence-corrected chi connectivity index (χ4v) is 3.37.